The SMILES string of the molecule is CC#CC(=O)N1CCN(c2c(F)cc(COCN)c3[nH]c(C)c(C)c23)CC1. The summed E-state index contributed by atoms with van der Waals surface area (Å²) in [5.74, 6) is 4.74. The van der Waals surface area contributed by atoms with E-state index in [4.69, 9.17) is 10.5 Å². The lowest BCUT2D eigenvalue weighted by Crippen LogP contribution is -2.48. The summed E-state index contributed by atoms with van der Waals surface area (Å²) in [7, 11) is 0. The Kier molecular flexibility index (Phi) is 5.68. The molecule has 0 bridgehead atoms. The van der Waals surface area contributed by atoms with Crippen LogP contribution in [0.25, 0.3) is 10.9 Å². The molecule has 1 aliphatic heterocycles. The molecule has 0 unspecified atom stereocenters. The summed E-state index contributed by atoms with van der Waals surface area (Å²) in [5, 5.41) is 0.872. The number of ether oxygens (including phenoxy) is 1. The van der Waals surface area contributed by atoms with Crippen LogP contribution in [-0.2, 0) is 16.1 Å². The van der Waals surface area contributed by atoms with Crippen LogP contribution in [0.2, 0.25) is 0 Å². The fourth-order valence-corrected chi connectivity index (χ4v) is 3.58. The average Bonchev–Trinajstić information content (AvgIpc) is 2.95. The molecule has 2 aromatic rings. The van der Waals surface area contributed by atoms with Crippen molar-refractivity contribution in [3.05, 3.63) is 28.7 Å². The predicted octanol–water partition coefficient (Wildman–Crippen LogP) is 2.03. The second-order valence-electron chi connectivity index (χ2n) is 6.66. The van der Waals surface area contributed by atoms with E-state index in [9.17, 15) is 4.79 Å². The minimum Gasteiger partial charge on any atom is -0.365 e. The molecule has 1 aliphatic rings. The summed E-state index contributed by atoms with van der Waals surface area (Å²) in [6.45, 7) is 8.11. The van der Waals surface area contributed by atoms with E-state index in [-0.39, 0.29) is 25.1 Å². The number of fused-ring (bicyclic) bond motifs is 1. The highest BCUT2D eigenvalue weighted by Crippen LogP contribution is 2.37. The molecule has 3 rings (SSSR count). The largest absolute Gasteiger partial charge is 0.365 e. The summed E-state index contributed by atoms with van der Waals surface area (Å²) in [5.41, 5.74) is 9.65. The first-order chi connectivity index (χ1) is 13.0. The van der Waals surface area contributed by atoms with Gasteiger partial charge in [0.05, 0.1) is 24.5 Å². The van der Waals surface area contributed by atoms with Crippen LogP contribution in [0.5, 0.6) is 0 Å². The number of amides is 1. The fraction of sp³-hybridized carbons (Fsp3) is 0.450. The summed E-state index contributed by atoms with van der Waals surface area (Å²) < 4.78 is 20.4. The van der Waals surface area contributed by atoms with Crippen LogP contribution in [-0.4, -0.2) is 48.7 Å². The number of benzene rings is 1. The van der Waals surface area contributed by atoms with Crippen LogP contribution in [0, 0.1) is 31.5 Å². The van der Waals surface area contributed by atoms with Gasteiger partial charge in [-0.1, -0.05) is 5.92 Å². The van der Waals surface area contributed by atoms with E-state index in [1.807, 2.05) is 18.7 Å². The molecule has 0 radical (unpaired) electrons. The van der Waals surface area contributed by atoms with E-state index in [0.717, 1.165) is 27.7 Å². The topological polar surface area (TPSA) is 74.6 Å². The standard InChI is InChI=1S/C20H25FN4O2/c1-4-5-17(26)24-6-8-25(9-7-24)20-16(21)10-15(11-27-12-22)19-18(20)13(2)14(3)23-19/h10,23H,6-9,11-12,22H2,1-3H3. The maximum absolute atomic E-state index is 15.1. The predicted molar refractivity (Wildman–Crippen MR) is 104 cm³/mol. The minimum atomic E-state index is -0.284. The molecule has 0 atom stereocenters. The summed E-state index contributed by atoms with van der Waals surface area (Å²) in [6.07, 6.45) is 0. The number of piperazine rings is 1. The lowest BCUT2D eigenvalue weighted by atomic mass is 10.0. The molecule has 2 heterocycles. The Morgan fingerprint density at radius 2 is 2.04 bits per heavy atom. The van der Waals surface area contributed by atoms with Gasteiger partial charge >= 0.3 is 0 Å². The molecule has 1 fully saturated rings. The van der Waals surface area contributed by atoms with E-state index in [1.54, 1.807) is 11.8 Å². The maximum Gasteiger partial charge on any atom is 0.298 e. The third-order valence-corrected chi connectivity index (χ3v) is 5.08. The number of H-pyrrole nitrogens is 1. The molecule has 1 aromatic carbocycles. The zero-order valence-corrected chi connectivity index (χ0v) is 16.0. The molecule has 7 heteroatoms. The van der Waals surface area contributed by atoms with Crippen LogP contribution in [0.15, 0.2) is 6.07 Å². The number of aromatic nitrogens is 1. The molecule has 1 amide bonds. The second kappa shape index (κ2) is 7.99. The Hall–Kier alpha value is -2.56. The number of carbonyl (C=O) groups is 1. The number of hydrogen-bond acceptors (Lipinski definition) is 4. The smallest absolute Gasteiger partial charge is 0.298 e. The van der Waals surface area contributed by atoms with Crippen molar-refractivity contribution < 1.29 is 13.9 Å². The van der Waals surface area contributed by atoms with Gasteiger partial charge in [-0.3, -0.25) is 4.79 Å². The summed E-state index contributed by atoms with van der Waals surface area (Å²) in [4.78, 5) is 19.0. The van der Waals surface area contributed by atoms with Gasteiger partial charge in [-0.2, -0.15) is 0 Å². The van der Waals surface area contributed by atoms with Crippen LogP contribution in [0.3, 0.4) is 0 Å². The number of aryl methyl sites for hydroxylation is 2. The van der Waals surface area contributed by atoms with Crippen molar-refractivity contribution in [2.24, 2.45) is 5.73 Å². The Morgan fingerprint density at radius 3 is 2.67 bits per heavy atom. The fourth-order valence-electron chi connectivity index (χ4n) is 3.58. The number of aromatic amines is 1. The van der Waals surface area contributed by atoms with Crippen molar-refractivity contribution in [3.8, 4) is 11.8 Å². The van der Waals surface area contributed by atoms with Crippen molar-refractivity contribution in [2.75, 3.05) is 37.8 Å². The number of nitrogens with two attached hydrogens (primary N) is 1. The molecule has 144 valence electrons. The van der Waals surface area contributed by atoms with Gasteiger partial charge in [0.1, 0.15) is 5.82 Å². The van der Waals surface area contributed by atoms with Gasteiger partial charge in [-0.15, -0.1) is 0 Å². The Labute approximate surface area is 158 Å². The summed E-state index contributed by atoms with van der Waals surface area (Å²) >= 11 is 0. The van der Waals surface area contributed by atoms with Crippen molar-refractivity contribution >= 4 is 22.5 Å². The third kappa shape index (κ3) is 3.64. The highest BCUT2D eigenvalue weighted by Gasteiger charge is 2.26. The quantitative estimate of drug-likeness (QED) is 0.636. The average molecular weight is 372 g/mol. The van der Waals surface area contributed by atoms with Crippen LogP contribution >= 0.6 is 0 Å². The Balaban J connectivity index is 1.96. The van der Waals surface area contributed by atoms with Gasteiger partial charge in [-0.05, 0) is 38.3 Å². The lowest BCUT2D eigenvalue weighted by molar-refractivity contribution is -0.125. The molecular weight excluding hydrogens is 347 g/mol. The van der Waals surface area contributed by atoms with Crippen LogP contribution in [0.4, 0.5) is 10.1 Å². The van der Waals surface area contributed by atoms with Gasteiger partial charge in [0.25, 0.3) is 5.91 Å². The van der Waals surface area contributed by atoms with E-state index < -0.39 is 0 Å². The van der Waals surface area contributed by atoms with E-state index in [0.29, 0.717) is 31.9 Å². The molecule has 0 aliphatic carbocycles. The first-order valence-electron chi connectivity index (χ1n) is 9.02. The molecule has 1 saturated heterocycles. The lowest BCUT2D eigenvalue weighted by Gasteiger charge is -2.36. The van der Waals surface area contributed by atoms with Gasteiger partial charge in [0.2, 0.25) is 0 Å². The maximum atomic E-state index is 15.1. The number of rotatable bonds is 4. The van der Waals surface area contributed by atoms with E-state index in [1.165, 1.54) is 6.07 Å². The monoisotopic (exact) mass is 372 g/mol. The zero-order valence-electron chi connectivity index (χ0n) is 16.0. The van der Waals surface area contributed by atoms with Crippen molar-refractivity contribution in [1.82, 2.24) is 9.88 Å². The number of carbonyl (C=O) groups excluding carboxylic acids is 1. The first-order valence-corrected chi connectivity index (χ1v) is 9.02. The molecular formula is C20H25FN4O2. The van der Waals surface area contributed by atoms with Gasteiger partial charge in [-0.25, -0.2) is 4.39 Å². The molecule has 6 nitrogen and oxygen atoms in total. The van der Waals surface area contributed by atoms with Gasteiger partial charge in [0, 0.05) is 42.8 Å². The van der Waals surface area contributed by atoms with Gasteiger partial charge < -0.3 is 25.3 Å². The van der Waals surface area contributed by atoms with Crippen LogP contribution in [0.1, 0.15) is 23.7 Å². The summed E-state index contributed by atoms with van der Waals surface area (Å²) in [6, 6.07) is 1.52. The normalized spacial score (nSPS) is 14.4. The number of nitrogens with zero attached hydrogens (tertiary/aromatic N) is 2. The molecule has 0 saturated carbocycles. The third-order valence-electron chi connectivity index (χ3n) is 5.08. The highest BCUT2D eigenvalue weighted by atomic mass is 19.1. The Bertz CT molecular complexity index is 918. The number of halogens is 1. The number of hydrogen-bond donors (Lipinski definition) is 2. The van der Waals surface area contributed by atoms with Crippen LogP contribution < -0.4 is 10.6 Å². The first kappa shape index (κ1) is 19.2. The second-order valence-corrected chi connectivity index (χ2v) is 6.66. The zero-order chi connectivity index (χ0) is 19.6. The molecule has 27 heavy (non-hydrogen) atoms. The van der Waals surface area contributed by atoms with Gasteiger partial charge in [0.15, 0.2) is 0 Å². The van der Waals surface area contributed by atoms with Crippen molar-refractivity contribution in [2.45, 2.75) is 27.4 Å². The van der Waals surface area contributed by atoms with Crippen molar-refractivity contribution in [3.63, 3.8) is 0 Å². The molecule has 3 N–H and O–H groups in total. The number of nitrogens with one attached hydrogen (secondary N) is 1. The Morgan fingerprint density at radius 1 is 1.33 bits per heavy atom. The minimum absolute atomic E-state index is 0.0835. The molecule has 1 aromatic heterocycles. The van der Waals surface area contributed by atoms with Crippen molar-refractivity contribution in [1.29, 1.82) is 0 Å². The highest BCUT2D eigenvalue weighted by molar-refractivity contribution is 5.99. The van der Waals surface area contributed by atoms with E-state index >= 15 is 4.39 Å². The molecule has 0 spiro atoms. The number of anilines is 1. The van der Waals surface area contributed by atoms with E-state index in [2.05, 4.69) is 16.8 Å².